The second-order valence-corrected chi connectivity index (χ2v) is 11.2. The van der Waals surface area contributed by atoms with Crippen LogP contribution in [-0.2, 0) is 36.6 Å². The fourth-order valence-electron chi connectivity index (χ4n) is 5.07. The second kappa shape index (κ2) is 10.4. The van der Waals surface area contributed by atoms with Crippen LogP contribution in [-0.4, -0.2) is 49.0 Å². The van der Waals surface area contributed by atoms with Gasteiger partial charge < -0.3 is 19.7 Å². The van der Waals surface area contributed by atoms with E-state index in [2.05, 4.69) is 21.2 Å². The molecule has 2 aliphatic rings. The summed E-state index contributed by atoms with van der Waals surface area (Å²) in [5.74, 6) is -2.10. The Kier molecular flexibility index (Phi) is 7.26. The highest BCUT2D eigenvalue weighted by Gasteiger charge is 2.52. The minimum absolute atomic E-state index is 0.0936. The SMILES string of the molecule is COC(C)(C(=O)NC1(c2ccc(Br)cc2)CN(C(=O)C2Cc3ccc(Cl)cc3C(=O)O2)C1)c1ccccc1F. The number of ether oxygens (including phenoxy) is 2. The molecule has 2 heterocycles. The van der Waals surface area contributed by atoms with E-state index in [0.717, 1.165) is 10.0 Å². The van der Waals surface area contributed by atoms with Gasteiger partial charge in [0.25, 0.3) is 11.8 Å². The molecule has 7 nitrogen and oxygen atoms in total. The summed E-state index contributed by atoms with van der Waals surface area (Å²) in [5, 5.41) is 3.45. The van der Waals surface area contributed by atoms with Crippen molar-refractivity contribution >= 4 is 45.3 Å². The Balaban J connectivity index is 1.39. The van der Waals surface area contributed by atoms with E-state index < -0.39 is 34.9 Å². The number of esters is 1. The van der Waals surface area contributed by atoms with Crippen molar-refractivity contribution in [3.63, 3.8) is 0 Å². The Hall–Kier alpha value is -3.27. The first-order chi connectivity index (χ1) is 18.6. The summed E-state index contributed by atoms with van der Waals surface area (Å²) in [6.45, 7) is 1.75. The monoisotopic (exact) mass is 614 g/mol. The lowest BCUT2D eigenvalue weighted by molar-refractivity contribution is -0.157. The first-order valence-corrected chi connectivity index (χ1v) is 13.4. The number of rotatable bonds is 6. The lowest BCUT2D eigenvalue weighted by Crippen LogP contribution is -2.71. The van der Waals surface area contributed by atoms with Gasteiger partial charge >= 0.3 is 5.97 Å². The molecule has 1 fully saturated rings. The van der Waals surface area contributed by atoms with Gasteiger partial charge in [-0.1, -0.05) is 63.9 Å². The van der Waals surface area contributed by atoms with Gasteiger partial charge in [-0.2, -0.15) is 0 Å². The van der Waals surface area contributed by atoms with Crippen LogP contribution in [0, 0.1) is 5.82 Å². The van der Waals surface area contributed by atoms with Crippen LogP contribution in [0.25, 0.3) is 0 Å². The third kappa shape index (κ3) is 4.95. The Morgan fingerprint density at radius 3 is 2.51 bits per heavy atom. The van der Waals surface area contributed by atoms with Crippen molar-refractivity contribution in [1.82, 2.24) is 10.2 Å². The molecule has 0 bridgehead atoms. The van der Waals surface area contributed by atoms with E-state index in [1.54, 1.807) is 18.2 Å². The predicted octanol–water partition coefficient (Wildman–Crippen LogP) is 4.74. The Bertz CT molecular complexity index is 1460. The molecule has 3 aromatic rings. The number of hydrogen-bond donors (Lipinski definition) is 1. The highest BCUT2D eigenvalue weighted by atomic mass is 79.9. The third-order valence-corrected chi connectivity index (χ3v) is 8.20. The number of methoxy groups -OCH3 is 1. The van der Waals surface area contributed by atoms with Gasteiger partial charge in [-0.05, 0) is 48.4 Å². The molecule has 10 heteroatoms. The lowest BCUT2D eigenvalue weighted by Gasteiger charge is -2.52. The summed E-state index contributed by atoms with van der Waals surface area (Å²) < 4.78 is 26.6. The molecule has 2 aliphatic heterocycles. The van der Waals surface area contributed by atoms with Crippen LogP contribution in [0.5, 0.6) is 0 Å². The van der Waals surface area contributed by atoms with Crippen molar-refractivity contribution in [3.05, 3.63) is 104 Å². The fourth-order valence-corrected chi connectivity index (χ4v) is 5.50. The maximum atomic E-state index is 14.7. The smallest absolute Gasteiger partial charge is 0.339 e. The summed E-state index contributed by atoms with van der Waals surface area (Å²) in [4.78, 5) is 41.2. The average molecular weight is 616 g/mol. The number of benzene rings is 3. The number of likely N-dealkylation sites (tertiary alicyclic amines) is 1. The van der Waals surface area contributed by atoms with Crippen molar-refractivity contribution in [2.24, 2.45) is 0 Å². The first kappa shape index (κ1) is 27.3. The Morgan fingerprint density at radius 1 is 1.15 bits per heavy atom. The summed E-state index contributed by atoms with van der Waals surface area (Å²) in [5.41, 5.74) is -0.710. The summed E-state index contributed by atoms with van der Waals surface area (Å²) in [7, 11) is 1.34. The molecule has 0 aliphatic carbocycles. The summed E-state index contributed by atoms with van der Waals surface area (Å²) in [6, 6.07) is 18.2. The van der Waals surface area contributed by atoms with Crippen LogP contribution in [0.2, 0.25) is 5.02 Å². The normalized spacial score (nSPS) is 19.3. The van der Waals surface area contributed by atoms with Crippen molar-refractivity contribution in [3.8, 4) is 0 Å². The van der Waals surface area contributed by atoms with Crippen LogP contribution in [0.3, 0.4) is 0 Å². The third-order valence-electron chi connectivity index (χ3n) is 7.43. The van der Waals surface area contributed by atoms with Gasteiger partial charge in [0, 0.05) is 41.7 Å². The van der Waals surface area contributed by atoms with E-state index in [0.29, 0.717) is 16.1 Å². The zero-order valence-electron chi connectivity index (χ0n) is 21.2. The number of carbonyl (C=O) groups is 3. The van der Waals surface area contributed by atoms with Crippen LogP contribution < -0.4 is 5.32 Å². The van der Waals surface area contributed by atoms with Gasteiger partial charge in [0.1, 0.15) is 11.4 Å². The largest absolute Gasteiger partial charge is 0.448 e. The number of hydrogen-bond acceptors (Lipinski definition) is 5. The minimum atomic E-state index is -1.62. The van der Waals surface area contributed by atoms with Crippen molar-refractivity contribution < 1.29 is 28.2 Å². The standard InChI is InChI=1S/C29H25BrClFN2O5/c1-28(38-2,22-5-3-4-6-23(22)32)27(37)33-29(18-8-10-19(30)11-9-18)15-34(16-29)25(35)24-13-17-7-12-20(31)14-21(17)26(36)39-24/h3-12,14,24H,13,15-16H2,1-2H3,(H,33,37). The van der Waals surface area contributed by atoms with E-state index in [1.807, 2.05) is 24.3 Å². The van der Waals surface area contributed by atoms with E-state index in [9.17, 15) is 18.8 Å². The lowest BCUT2D eigenvalue weighted by atomic mass is 9.80. The number of halogens is 3. The van der Waals surface area contributed by atoms with Crippen LogP contribution in [0.4, 0.5) is 4.39 Å². The molecule has 3 aromatic carbocycles. The van der Waals surface area contributed by atoms with Gasteiger partial charge in [-0.25, -0.2) is 9.18 Å². The van der Waals surface area contributed by atoms with Gasteiger partial charge in [-0.3, -0.25) is 9.59 Å². The molecule has 1 N–H and O–H groups in total. The Morgan fingerprint density at radius 2 is 1.85 bits per heavy atom. The topological polar surface area (TPSA) is 84.9 Å². The van der Waals surface area contributed by atoms with E-state index in [1.165, 1.54) is 43.2 Å². The number of amides is 2. The van der Waals surface area contributed by atoms with Gasteiger partial charge in [-0.15, -0.1) is 0 Å². The molecule has 0 spiro atoms. The van der Waals surface area contributed by atoms with Crippen molar-refractivity contribution in [1.29, 1.82) is 0 Å². The van der Waals surface area contributed by atoms with Gasteiger partial charge in [0.05, 0.1) is 5.56 Å². The number of carbonyl (C=O) groups excluding carboxylic acids is 3. The van der Waals surface area contributed by atoms with E-state index in [4.69, 9.17) is 21.1 Å². The van der Waals surface area contributed by atoms with Crippen LogP contribution in [0.1, 0.15) is 34.0 Å². The molecular weight excluding hydrogens is 591 g/mol. The molecular formula is C29H25BrClFN2O5. The summed E-state index contributed by atoms with van der Waals surface area (Å²) in [6.07, 6.45) is -0.771. The molecule has 0 radical (unpaired) electrons. The molecule has 0 aromatic heterocycles. The highest BCUT2D eigenvalue weighted by Crippen LogP contribution is 2.37. The second-order valence-electron chi connectivity index (χ2n) is 9.85. The van der Waals surface area contributed by atoms with Crippen LogP contribution in [0.15, 0.2) is 71.2 Å². The zero-order chi connectivity index (χ0) is 27.9. The Labute approximate surface area is 238 Å². The molecule has 2 atom stereocenters. The predicted molar refractivity (Wildman–Crippen MR) is 146 cm³/mol. The molecule has 5 rings (SSSR count). The molecule has 2 amide bonds. The number of nitrogens with one attached hydrogen (secondary N) is 1. The fraction of sp³-hybridized carbons (Fsp3) is 0.276. The van der Waals surface area contributed by atoms with E-state index >= 15 is 0 Å². The van der Waals surface area contributed by atoms with Crippen molar-refractivity contribution in [2.75, 3.05) is 20.2 Å². The maximum absolute atomic E-state index is 14.7. The van der Waals surface area contributed by atoms with Crippen LogP contribution >= 0.6 is 27.5 Å². The van der Waals surface area contributed by atoms with Crippen molar-refractivity contribution in [2.45, 2.75) is 30.6 Å². The molecule has 0 saturated carbocycles. The number of nitrogens with zero attached hydrogens (tertiary/aromatic N) is 1. The summed E-state index contributed by atoms with van der Waals surface area (Å²) >= 11 is 9.43. The molecule has 202 valence electrons. The maximum Gasteiger partial charge on any atom is 0.339 e. The zero-order valence-corrected chi connectivity index (χ0v) is 23.5. The van der Waals surface area contributed by atoms with Gasteiger partial charge in [0.2, 0.25) is 0 Å². The number of cyclic esters (lactones) is 1. The van der Waals surface area contributed by atoms with Gasteiger partial charge in [0.15, 0.2) is 11.7 Å². The first-order valence-electron chi connectivity index (χ1n) is 12.2. The number of fused-ring (bicyclic) bond motifs is 1. The molecule has 1 saturated heterocycles. The van der Waals surface area contributed by atoms with E-state index in [-0.39, 0.29) is 31.0 Å². The minimum Gasteiger partial charge on any atom is -0.448 e. The highest BCUT2D eigenvalue weighted by molar-refractivity contribution is 9.10. The quantitative estimate of drug-likeness (QED) is 0.405. The average Bonchev–Trinajstić information content (AvgIpc) is 2.90. The molecule has 2 unspecified atom stereocenters. The molecule has 39 heavy (non-hydrogen) atoms.